The molecule has 0 atom stereocenters. The van der Waals surface area contributed by atoms with Crippen LogP contribution < -0.4 is 21.9 Å². The Morgan fingerprint density at radius 2 is 2.08 bits per heavy atom. The maximum absolute atomic E-state index is 11.6. The topological polar surface area (TPSA) is 141 Å². The number of aromatic nitrogens is 1. The number of benzene rings is 1. The molecule has 0 aliphatic carbocycles. The molecule has 0 bridgehead atoms. The summed E-state index contributed by atoms with van der Waals surface area (Å²) in [5.41, 5.74) is 20.1. The first-order valence-electron chi connectivity index (χ1n) is 7.25. The number of methoxy groups -OCH3 is 1. The van der Waals surface area contributed by atoms with Crippen molar-refractivity contribution < 1.29 is 9.53 Å². The molecule has 25 heavy (non-hydrogen) atoms. The maximum Gasteiger partial charge on any atom is 0.260 e. The Bertz CT molecular complexity index is 1070. The number of thiophene rings is 1. The molecule has 0 unspecified atom stereocenters. The van der Waals surface area contributed by atoms with Gasteiger partial charge in [0.2, 0.25) is 0 Å². The molecule has 0 saturated heterocycles. The molecule has 0 spiro atoms. The number of ether oxygens (including phenoxy) is 1. The summed E-state index contributed by atoms with van der Waals surface area (Å²) in [6.45, 7) is 1.89. The highest BCUT2D eigenvalue weighted by atomic mass is 32.1. The van der Waals surface area contributed by atoms with E-state index >= 15 is 0 Å². The number of nitrogen functional groups attached to an aromatic ring is 2. The standard InChI is InChI=1S/C17H15N5O2S/c1-7-5-8(3-4-10(7)24-2)11-9(6-18)15(20)22-17-12(11)13(19)14(25-17)16(21)23/h3-5H,19H2,1-2H3,(H2,20,22)(H2,21,23). The number of fused-ring (bicyclic) bond motifs is 1. The normalized spacial score (nSPS) is 10.6. The number of anilines is 2. The number of nitrogens with two attached hydrogens (primary N) is 3. The van der Waals surface area contributed by atoms with Crippen LogP contribution >= 0.6 is 11.3 Å². The second kappa shape index (κ2) is 5.96. The molecule has 3 rings (SSSR count). The molecule has 6 N–H and O–H groups in total. The predicted molar refractivity (Wildman–Crippen MR) is 98.4 cm³/mol. The minimum atomic E-state index is -0.644. The summed E-state index contributed by atoms with van der Waals surface area (Å²) in [5, 5.41) is 10.1. The molecule has 0 aliphatic heterocycles. The van der Waals surface area contributed by atoms with Gasteiger partial charge in [-0.1, -0.05) is 6.07 Å². The lowest BCUT2D eigenvalue weighted by Crippen LogP contribution is -2.10. The van der Waals surface area contributed by atoms with E-state index < -0.39 is 5.91 Å². The first-order valence-corrected chi connectivity index (χ1v) is 8.07. The smallest absolute Gasteiger partial charge is 0.260 e. The van der Waals surface area contributed by atoms with Crippen LogP contribution in [-0.4, -0.2) is 18.0 Å². The number of primary amides is 1. The van der Waals surface area contributed by atoms with Crippen LogP contribution in [0.15, 0.2) is 18.2 Å². The maximum atomic E-state index is 11.6. The van der Waals surface area contributed by atoms with Crippen LogP contribution in [0.4, 0.5) is 11.5 Å². The molecule has 2 aromatic heterocycles. The number of pyridine rings is 1. The van der Waals surface area contributed by atoms with Crippen molar-refractivity contribution in [1.29, 1.82) is 5.26 Å². The van der Waals surface area contributed by atoms with Gasteiger partial charge in [-0.3, -0.25) is 4.79 Å². The monoisotopic (exact) mass is 353 g/mol. The summed E-state index contributed by atoms with van der Waals surface area (Å²) in [6, 6.07) is 7.56. The Kier molecular flexibility index (Phi) is 3.94. The Balaban J connectivity index is 2.45. The van der Waals surface area contributed by atoms with Crippen LogP contribution in [0.2, 0.25) is 0 Å². The number of carbonyl (C=O) groups is 1. The number of nitriles is 1. The van der Waals surface area contributed by atoms with Gasteiger partial charge in [-0.25, -0.2) is 4.98 Å². The number of amides is 1. The van der Waals surface area contributed by atoms with Crippen molar-refractivity contribution in [2.75, 3.05) is 18.6 Å². The van der Waals surface area contributed by atoms with Crippen molar-refractivity contribution >= 4 is 39.0 Å². The largest absolute Gasteiger partial charge is 0.496 e. The summed E-state index contributed by atoms with van der Waals surface area (Å²) in [7, 11) is 1.58. The molecule has 3 aromatic rings. The van der Waals surface area contributed by atoms with E-state index in [-0.39, 0.29) is 21.9 Å². The molecule has 0 fully saturated rings. The fourth-order valence-electron chi connectivity index (χ4n) is 2.79. The first kappa shape index (κ1) is 16.5. The van der Waals surface area contributed by atoms with E-state index in [0.29, 0.717) is 15.8 Å². The highest BCUT2D eigenvalue weighted by Crippen LogP contribution is 2.43. The van der Waals surface area contributed by atoms with E-state index in [1.807, 2.05) is 19.1 Å². The van der Waals surface area contributed by atoms with E-state index in [1.165, 1.54) is 0 Å². The van der Waals surface area contributed by atoms with Crippen LogP contribution in [0.5, 0.6) is 5.75 Å². The predicted octanol–water partition coefficient (Wildman–Crippen LogP) is 2.42. The Morgan fingerprint density at radius 3 is 2.64 bits per heavy atom. The SMILES string of the molecule is COc1ccc(-c2c(C#N)c(N)nc3sc(C(N)=O)c(N)c23)cc1C. The highest BCUT2D eigenvalue weighted by Gasteiger charge is 2.23. The number of nitrogens with zero attached hydrogens (tertiary/aromatic N) is 2. The molecule has 0 aliphatic rings. The fourth-order valence-corrected chi connectivity index (χ4v) is 3.75. The van der Waals surface area contributed by atoms with E-state index in [9.17, 15) is 10.1 Å². The Morgan fingerprint density at radius 1 is 1.36 bits per heavy atom. The van der Waals surface area contributed by atoms with Gasteiger partial charge < -0.3 is 21.9 Å². The average Bonchev–Trinajstić information content (AvgIpc) is 2.90. The lowest BCUT2D eigenvalue weighted by Gasteiger charge is -2.12. The van der Waals surface area contributed by atoms with Crippen molar-refractivity contribution in [1.82, 2.24) is 4.98 Å². The van der Waals surface area contributed by atoms with Gasteiger partial charge in [0.05, 0.1) is 12.8 Å². The number of carbonyl (C=O) groups excluding carboxylic acids is 1. The zero-order valence-corrected chi connectivity index (χ0v) is 14.4. The van der Waals surface area contributed by atoms with Crippen molar-refractivity contribution in [3.8, 4) is 22.9 Å². The van der Waals surface area contributed by atoms with Crippen LogP contribution in [0.3, 0.4) is 0 Å². The van der Waals surface area contributed by atoms with E-state index in [0.717, 1.165) is 28.2 Å². The third-order valence-corrected chi connectivity index (χ3v) is 5.04. The quantitative estimate of drug-likeness (QED) is 0.660. The molecule has 8 heteroatoms. The van der Waals surface area contributed by atoms with Gasteiger partial charge >= 0.3 is 0 Å². The minimum absolute atomic E-state index is 0.0794. The summed E-state index contributed by atoms with van der Waals surface area (Å²) in [4.78, 5) is 16.5. The molecular weight excluding hydrogens is 338 g/mol. The lowest BCUT2D eigenvalue weighted by atomic mass is 9.96. The van der Waals surface area contributed by atoms with E-state index in [2.05, 4.69) is 11.1 Å². The van der Waals surface area contributed by atoms with E-state index in [1.54, 1.807) is 13.2 Å². The molecule has 126 valence electrons. The van der Waals surface area contributed by atoms with Crippen molar-refractivity contribution in [2.45, 2.75) is 6.92 Å². The third kappa shape index (κ3) is 2.51. The zero-order valence-electron chi connectivity index (χ0n) is 13.6. The van der Waals surface area contributed by atoms with E-state index in [4.69, 9.17) is 21.9 Å². The van der Waals surface area contributed by atoms with Crippen molar-refractivity contribution in [3.63, 3.8) is 0 Å². The lowest BCUT2D eigenvalue weighted by molar-refractivity contribution is 0.100. The number of hydrogen-bond acceptors (Lipinski definition) is 7. The van der Waals surface area contributed by atoms with Crippen molar-refractivity contribution in [3.05, 3.63) is 34.2 Å². The third-order valence-electron chi connectivity index (χ3n) is 3.92. The molecule has 0 radical (unpaired) electrons. The highest BCUT2D eigenvalue weighted by molar-refractivity contribution is 7.21. The van der Waals surface area contributed by atoms with Gasteiger partial charge in [0.15, 0.2) is 0 Å². The summed E-state index contributed by atoms with van der Waals surface area (Å²) >= 11 is 1.06. The Hall–Kier alpha value is -3.31. The van der Waals surface area contributed by atoms with Crippen LogP contribution in [-0.2, 0) is 0 Å². The molecular formula is C17H15N5O2S. The van der Waals surface area contributed by atoms with Gasteiger partial charge in [0, 0.05) is 10.9 Å². The van der Waals surface area contributed by atoms with Gasteiger partial charge in [0.1, 0.15) is 32.9 Å². The number of hydrogen-bond donors (Lipinski definition) is 3. The number of rotatable bonds is 3. The molecule has 0 saturated carbocycles. The molecule has 2 heterocycles. The molecule has 1 amide bonds. The van der Waals surface area contributed by atoms with Crippen LogP contribution in [0, 0.1) is 18.3 Å². The summed E-state index contributed by atoms with van der Waals surface area (Å²) in [6.07, 6.45) is 0. The summed E-state index contributed by atoms with van der Waals surface area (Å²) < 4.78 is 5.28. The van der Waals surface area contributed by atoms with Gasteiger partial charge in [-0.2, -0.15) is 5.26 Å². The van der Waals surface area contributed by atoms with Gasteiger partial charge in [-0.15, -0.1) is 11.3 Å². The van der Waals surface area contributed by atoms with Crippen LogP contribution in [0.25, 0.3) is 21.3 Å². The molecule has 7 nitrogen and oxygen atoms in total. The minimum Gasteiger partial charge on any atom is -0.496 e. The zero-order chi connectivity index (χ0) is 18.3. The number of aryl methyl sites for hydroxylation is 1. The first-order chi connectivity index (χ1) is 11.9. The van der Waals surface area contributed by atoms with Crippen molar-refractivity contribution in [2.24, 2.45) is 5.73 Å². The second-order valence-corrected chi connectivity index (χ2v) is 6.43. The average molecular weight is 353 g/mol. The fraction of sp³-hybridized carbons (Fsp3) is 0.118. The van der Waals surface area contributed by atoms with Gasteiger partial charge in [-0.05, 0) is 30.2 Å². The van der Waals surface area contributed by atoms with Gasteiger partial charge in [0.25, 0.3) is 5.91 Å². The second-order valence-electron chi connectivity index (χ2n) is 5.43. The summed E-state index contributed by atoms with van der Waals surface area (Å²) in [5.74, 6) is 0.154. The molecule has 1 aromatic carbocycles. The Labute approximate surface area is 147 Å². The van der Waals surface area contributed by atoms with Crippen LogP contribution in [0.1, 0.15) is 20.8 Å².